The summed E-state index contributed by atoms with van der Waals surface area (Å²) in [4.78, 5) is 11.3. The molecule has 1 aliphatic heterocycles. The Hall–Kier alpha value is -4.01. The Morgan fingerprint density at radius 1 is 1.07 bits per heavy atom. The highest BCUT2D eigenvalue weighted by molar-refractivity contribution is 7.90. The third-order valence-electron chi connectivity index (χ3n) is 7.20. The number of hydrogen-bond donors (Lipinski definition) is 1. The zero-order chi connectivity index (χ0) is 28.3. The minimum atomic E-state index is -3.48. The highest BCUT2D eigenvalue weighted by Crippen LogP contribution is 2.38. The van der Waals surface area contributed by atoms with Crippen molar-refractivity contribution >= 4 is 43.9 Å². The quantitative estimate of drug-likeness (QED) is 0.194. The molecule has 2 heterocycles. The van der Waals surface area contributed by atoms with E-state index in [0.29, 0.717) is 12.0 Å². The molecule has 4 aromatic rings. The number of aliphatic carboxylic acids is 1. The summed E-state index contributed by atoms with van der Waals surface area (Å²) in [6, 6.07) is 20.9. The summed E-state index contributed by atoms with van der Waals surface area (Å²) < 4.78 is 33.5. The molecule has 0 saturated carbocycles. The van der Waals surface area contributed by atoms with Crippen molar-refractivity contribution in [3.63, 3.8) is 0 Å². The summed E-state index contributed by atoms with van der Waals surface area (Å²) in [5, 5.41) is 14.6. The first-order chi connectivity index (χ1) is 19.3. The van der Waals surface area contributed by atoms with Crippen LogP contribution in [0.4, 0.5) is 0 Å². The van der Waals surface area contributed by atoms with Crippen LogP contribution in [0.5, 0.6) is 0 Å². The number of carboxylic acids is 1. The van der Waals surface area contributed by atoms with Crippen molar-refractivity contribution in [3.05, 3.63) is 101 Å². The van der Waals surface area contributed by atoms with Crippen LogP contribution in [0.25, 0.3) is 28.1 Å². The molecule has 1 unspecified atom stereocenters. The van der Waals surface area contributed by atoms with E-state index in [9.17, 15) is 13.2 Å². The molecular weight excluding hydrogens is 524 g/mol. The number of aromatic nitrogens is 2. The molecule has 7 nitrogen and oxygen atoms in total. The van der Waals surface area contributed by atoms with Crippen LogP contribution >= 0.6 is 0 Å². The zero-order valence-electron chi connectivity index (χ0n) is 22.6. The van der Waals surface area contributed by atoms with Gasteiger partial charge in [0.05, 0.1) is 16.6 Å². The van der Waals surface area contributed by atoms with E-state index >= 15 is 0 Å². The average Bonchev–Trinajstić information content (AvgIpc) is 3.38. The molecule has 40 heavy (non-hydrogen) atoms. The minimum Gasteiger partial charge on any atom is -0.478 e. The van der Waals surface area contributed by atoms with E-state index in [1.807, 2.05) is 54.2 Å². The lowest BCUT2D eigenvalue weighted by atomic mass is 9.87. The predicted molar refractivity (Wildman–Crippen MR) is 157 cm³/mol. The molecule has 1 N–H and O–H groups in total. The first kappa shape index (κ1) is 27.6. The van der Waals surface area contributed by atoms with Crippen LogP contribution < -0.4 is 0 Å². The molecule has 5 rings (SSSR count). The van der Waals surface area contributed by atoms with Gasteiger partial charge < -0.3 is 9.84 Å². The minimum absolute atomic E-state index is 0.0774. The van der Waals surface area contributed by atoms with Gasteiger partial charge in [-0.3, -0.25) is 0 Å². The second kappa shape index (κ2) is 11.6. The van der Waals surface area contributed by atoms with Crippen molar-refractivity contribution in [1.82, 2.24) is 9.78 Å². The highest BCUT2D eigenvalue weighted by Gasteiger charge is 2.22. The first-order valence-corrected chi connectivity index (χ1v) is 15.3. The van der Waals surface area contributed by atoms with Crippen molar-refractivity contribution in [1.29, 1.82) is 0 Å². The van der Waals surface area contributed by atoms with Gasteiger partial charge in [0.1, 0.15) is 0 Å². The molecule has 1 atom stereocenters. The predicted octanol–water partition coefficient (Wildman–Crippen LogP) is 6.61. The summed E-state index contributed by atoms with van der Waals surface area (Å²) in [7, 11) is -3.48. The second-order valence-corrected chi connectivity index (χ2v) is 11.9. The number of allylic oxidation sites excluding steroid dienone is 1. The normalized spacial score (nSPS) is 16.8. The van der Waals surface area contributed by atoms with Crippen molar-refractivity contribution in [3.8, 4) is 0 Å². The standard InChI is InChI=1S/C32H32N2O5S/c1-3-26(27-8-4-5-9-29(27)40(2,37)38)32(23-14-11-22(12-15-23)13-18-31(35)36)24-16-17-28-25(20-24)21-33-34(28)30-10-6-7-19-39-30/h4-5,8-9,11-18,20-21,30H,3,6-7,10,19H2,1-2H3,(H,35,36)/b18-13?,32-26+. The summed E-state index contributed by atoms with van der Waals surface area (Å²) in [6.45, 7) is 2.75. The number of hydrogen-bond acceptors (Lipinski definition) is 5. The van der Waals surface area contributed by atoms with E-state index in [1.54, 1.807) is 18.2 Å². The maximum atomic E-state index is 12.8. The average molecular weight is 557 g/mol. The lowest BCUT2D eigenvalue weighted by Crippen LogP contribution is -2.18. The van der Waals surface area contributed by atoms with Gasteiger partial charge in [0.25, 0.3) is 0 Å². The van der Waals surface area contributed by atoms with Gasteiger partial charge in [0.2, 0.25) is 0 Å². The number of carbonyl (C=O) groups is 1. The molecule has 0 radical (unpaired) electrons. The van der Waals surface area contributed by atoms with Gasteiger partial charge in [0.15, 0.2) is 16.1 Å². The fourth-order valence-electron chi connectivity index (χ4n) is 5.34. The summed E-state index contributed by atoms with van der Waals surface area (Å²) >= 11 is 0. The molecule has 3 aromatic carbocycles. The van der Waals surface area contributed by atoms with Gasteiger partial charge in [-0.05, 0) is 83.4 Å². The largest absolute Gasteiger partial charge is 0.478 e. The molecule has 1 saturated heterocycles. The van der Waals surface area contributed by atoms with Crippen LogP contribution in [0.1, 0.15) is 61.1 Å². The molecule has 1 aromatic heterocycles. The van der Waals surface area contributed by atoms with Gasteiger partial charge in [0, 0.05) is 24.3 Å². The Kier molecular flexibility index (Phi) is 8.00. The van der Waals surface area contributed by atoms with E-state index in [-0.39, 0.29) is 11.1 Å². The van der Waals surface area contributed by atoms with Crippen molar-refractivity contribution in [2.75, 3.05) is 12.9 Å². The Bertz CT molecular complexity index is 1710. The second-order valence-electron chi connectivity index (χ2n) is 9.95. The first-order valence-electron chi connectivity index (χ1n) is 13.4. The van der Waals surface area contributed by atoms with Crippen molar-refractivity contribution < 1.29 is 23.1 Å². The van der Waals surface area contributed by atoms with Crippen LogP contribution in [-0.2, 0) is 19.4 Å². The third-order valence-corrected chi connectivity index (χ3v) is 8.35. The van der Waals surface area contributed by atoms with E-state index in [4.69, 9.17) is 9.84 Å². The fourth-order valence-corrected chi connectivity index (χ4v) is 6.26. The summed E-state index contributed by atoms with van der Waals surface area (Å²) in [6.07, 6.45) is 9.34. The Morgan fingerprint density at radius 2 is 1.82 bits per heavy atom. The molecule has 0 amide bonds. The maximum absolute atomic E-state index is 12.8. The van der Waals surface area contributed by atoms with Crippen molar-refractivity contribution in [2.45, 2.75) is 43.7 Å². The molecule has 0 spiro atoms. The molecular formula is C32H32N2O5S. The molecule has 0 bridgehead atoms. The number of nitrogens with zero attached hydrogens (tertiary/aromatic N) is 2. The Morgan fingerprint density at radius 3 is 2.50 bits per heavy atom. The molecule has 206 valence electrons. The topological polar surface area (TPSA) is 98.5 Å². The van der Waals surface area contributed by atoms with E-state index < -0.39 is 15.8 Å². The number of fused-ring (bicyclic) bond motifs is 1. The van der Waals surface area contributed by atoms with Gasteiger partial charge in [-0.25, -0.2) is 17.9 Å². The molecule has 1 aliphatic rings. The molecule has 1 fully saturated rings. The zero-order valence-corrected chi connectivity index (χ0v) is 23.4. The number of benzene rings is 3. The number of sulfone groups is 1. The lowest BCUT2D eigenvalue weighted by molar-refractivity contribution is -0.131. The van der Waals surface area contributed by atoms with Gasteiger partial charge >= 0.3 is 5.97 Å². The number of ether oxygens (including phenoxy) is 1. The van der Waals surface area contributed by atoms with Gasteiger partial charge in [-0.15, -0.1) is 0 Å². The van der Waals surface area contributed by atoms with Crippen LogP contribution in [-0.4, -0.2) is 42.1 Å². The highest BCUT2D eigenvalue weighted by atomic mass is 32.2. The van der Waals surface area contributed by atoms with E-state index in [0.717, 1.165) is 70.7 Å². The van der Waals surface area contributed by atoms with Gasteiger partial charge in [-0.1, -0.05) is 55.5 Å². The molecule has 8 heteroatoms. The van der Waals surface area contributed by atoms with Crippen molar-refractivity contribution in [2.24, 2.45) is 0 Å². The van der Waals surface area contributed by atoms with Crippen LogP contribution in [0.15, 0.2) is 83.9 Å². The maximum Gasteiger partial charge on any atom is 0.328 e. The summed E-state index contributed by atoms with van der Waals surface area (Å²) in [5.74, 6) is -1.01. The lowest BCUT2D eigenvalue weighted by Gasteiger charge is -2.23. The van der Waals surface area contributed by atoms with Gasteiger partial charge in [-0.2, -0.15) is 5.10 Å². The number of carboxylic acid groups (broad SMARTS) is 1. The Labute approximate surface area is 234 Å². The fraction of sp³-hybridized carbons (Fsp3) is 0.250. The van der Waals surface area contributed by atoms with E-state index in [1.165, 1.54) is 6.26 Å². The SMILES string of the molecule is CC/C(=C(/c1ccc(C=CC(=O)O)cc1)c1ccc2c(cnn2C2CCCCO2)c1)c1ccccc1S(C)(=O)=O. The van der Waals surface area contributed by atoms with Crippen LogP contribution in [0.3, 0.4) is 0 Å². The summed E-state index contributed by atoms with van der Waals surface area (Å²) in [5.41, 5.74) is 6.06. The molecule has 0 aliphatic carbocycles. The van der Waals surface area contributed by atoms with E-state index in [2.05, 4.69) is 23.3 Å². The van der Waals surface area contributed by atoms with Crippen LogP contribution in [0.2, 0.25) is 0 Å². The Balaban J connectivity index is 1.70. The monoisotopic (exact) mass is 556 g/mol. The third kappa shape index (κ3) is 5.78. The smallest absolute Gasteiger partial charge is 0.328 e. The van der Waals surface area contributed by atoms with Crippen LogP contribution in [0, 0.1) is 0 Å². The number of rotatable bonds is 8.